The summed E-state index contributed by atoms with van der Waals surface area (Å²) in [6, 6.07) is 14.8. The van der Waals surface area contributed by atoms with E-state index in [9.17, 15) is 0 Å². The monoisotopic (exact) mass is 221 g/mol. The number of hydrogen-bond acceptors (Lipinski definition) is 1. The van der Waals surface area contributed by atoms with Crippen LogP contribution in [0, 0.1) is 0 Å². The number of hydrogen-bond donors (Lipinski definition) is 0. The van der Waals surface area contributed by atoms with Crippen LogP contribution in [-0.2, 0) is 7.05 Å². The molecule has 0 aliphatic rings. The molecule has 0 bridgehead atoms. The van der Waals surface area contributed by atoms with Crippen LogP contribution in [0.15, 0.2) is 53.1 Å². The standard InChI is InChI=1S/C15H11NO/c1-16-13-5-3-2-4-11(13)12-9-15-10(6-7-17-15)8-14(12)16/h2-9H,1H3. The average molecular weight is 221 g/mol. The van der Waals surface area contributed by atoms with Gasteiger partial charge in [0, 0.05) is 34.2 Å². The largest absolute Gasteiger partial charge is 0.464 e. The van der Waals surface area contributed by atoms with Gasteiger partial charge in [-0.1, -0.05) is 18.2 Å². The first-order valence-corrected chi connectivity index (χ1v) is 5.69. The molecule has 0 radical (unpaired) electrons. The van der Waals surface area contributed by atoms with Crippen molar-refractivity contribution >= 4 is 32.8 Å². The molecule has 0 aliphatic carbocycles. The van der Waals surface area contributed by atoms with E-state index < -0.39 is 0 Å². The van der Waals surface area contributed by atoms with E-state index in [4.69, 9.17) is 4.42 Å². The van der Waals surface area contributed by atoms with Gasteiger partial charge < -0.3 is 8.98 Å². The maximum atomic E-state index is 5.47. The van der Waals surface area contributed by atoms with Crippen molar-refractivity contribution in [2.75, 3.05) is 0 Å². The van der Waals surface area contributed by atoms with Crippen molar-refractivity contribution in [1.82, 2.24) is 4.57 Å². The molecule has 0 aliphatic heterocycles. The second-order valence-corrected chi connectivity index (χ2v) is 4.40. The van der Waals surface area contributed by atoms with E-state index in [2.05, 4.69) is 48.0 Å². The van der Waals surface area contributed by atoms with Gasteiger partial charge in [-0.15, -0.1) is 0 Å². The lowest BCUT2D eigenvalue weighted by Crippen LogP contribution is -1.85. The van der Waals surface area contributed by atoms with Gasteiger partial charge in [-0.2, -0.15) is 0 Å². The van der Waals surface area contributed by atoms with E-state index in [0.717, 1.165) is 11.0 Å². The van der Waals surface area contributed by atoms with Crippen molar-refractivity contribution in [2.45, 2.75) is 0 Å². The minimum Gasteiger partial charge on any atom is -0.464 e. The van der Waals surface area contributed by atoms with Crippen molar-refractivity contribution in [1.29, 1.82) is 0 Å². The van der Waals surface area contributed by atoms with Crippen molar-refractivity contribution in [3.05, 3.63) is 48.7 Å². The molecular weight excluding hydrogens is 210 g/mol. The van der Waals surface area contributed by atoms with Crippen LogP contribution in [0.2, 0.25) is 0 Å². The van der Waals surface area contributed by atoms with E-state index >= 15 is 0 Å². The first-order valence-electron chi connectivity index (χ1n) is 5.69. The number of fused-ring (bicyclic) bond motifs is 4. The first-order chi connectivity index (χ1) is 8.34. The summed E-state index contributed by atoms with van der Waals surface area (Å²) in [5.74, 6) is 0. The Morgan fingerprint density at radius 2 is 1.82 bits per heavy atom. The highest BCUT2D eigenvalue weighted by Gasteiger charge is 2.09. The SMILES string of the molecule is Cn1c2ccccc2c2cc3occc3cc21. The lowest BCUT2D eigenvalue weighted by Gasteiger charge is -1.96. The first kappa shape index (κ1) is 8.88. The molecule has 0 saturated heterocycles. The van der Waals surface area contributed by atoms with Crippen LogP contribution in [0.1, 0.15) is 0 Å². The molecule has 2 heterocycles. The van der Waals surface area contributed by atoms with E-state index in [0.29, 0.717) is 0 Å². The molecule has 0 saturated carbocycles. The van der Waals surface area contributed by atoms with Crippen LogP contribution < -0.4 is 0 Å². The maximum absolute atomic E-state index is 5.47. The Labute approximate surface area is 98.1 Å². The molecule has 0 unspecified atom stereocenters. The third-order valence-corrected chi connectivity index (χ3v) is 3.49. The molecule has 0 spiro atoms. The number of furan rings is 1. The highest BCUT2D eigenvalue weighted by molar-refractivity contribution is 6.11. The number of nitrogens with zero attached hydrogens (tertiary/aromatic N) is 1. The topological polar surface area (TPSA) is 18.1 Å². The van der Waals surface area contributed by atoms with Crippen molar-refractivity contribution in [2.24, 2.45) is 7.05 Å². The van der Waals surface area contributed by atoms with E-state index in [-0.39, 0.29) is 0 Å². The molecule has 2 heteroatoms. The van der Waals surface area contributed by atoms with Gasteiger partial charge >= 0.3 is 0 Å². The molecule has 0 N–H and O–H groups in total. The molecule has 2 aromatic heterocycles. The predicted molar refractivity (Wildman–Crippen MR) is 70.2 cm³/mol. The third kappa shape index (κ3) is 1.04. The van der Waals surface area contributed by atoms with E-state index in [1.54, 1.807) is 6.26 Å². The summed E-state index contributed by atoms with van der Waals surface area (Å²) in [4.78, 5) is 0. The molecule has 0 fully saturated rings. The second kappa shape index (κ2) is 2.92. The van der Waals surface area contributed by atoms with Crippen LogP contribution in [0.25, 0.3) is 32.8 Å². The Morgan fingerprint density at radius 1 is 0.941 bits per heavy atom. The quantitative estimate of drug-likeness (QED) is 0.437. The normalized spacial score (nSPS) is 11.8. The third-order valence-electron chi connectivity index (χ3n) is 3.49. The number of rotatable bonds is 0. The molecule has 17 heavy (non-hydrogen) atoms. The summed E-state index contributed by atoms with van der Waals surface area (Å²) in [6.07, 6.45) is 1.74. The highest BCUT2D eigenvalue weighted by atomic mass is 16.3. The summed E-state index contributed by atoms with van der Waals surface area (Å²) in [6.45, 7) is 0. The zero-order chi connectivity index (χ0) is 11.4. The van der Waals surface area contributed by atoms with Crippen molar-refractivity contribution in [3.8, 4) is 0 Å². The fraction of sp³-hybridized carbons (Fsp3) is 0.0667. The Bertz CT molecular complexity index is 851. The molecule has 0 amide bonds. The van der Waals surface area contributed by atoms with Gasteiger partial charge in [-0.25, -0.2) is 0 Å². The minimum absolute atomic E-state index is 0.953. The summed E-state index contributed by atoms with van der Waals surface area (Å²) < 4.78 is 7.71. The van der Waals surface area contributed by atoms with Crippen LogP contribution in [0.5, 0.6) is 0 Å². The summed E-state index contributed by atoms with van der Waals surface area (Å²) in [5.41, 5.74) is 3.46. The fourth-order valence-electron chi connectivity index (χ4n) is 2.61. The zero-order valence-electron chi connectivity index (χ0n) is 9.47. The van der Waals surface area contributed by atoms with Crippen molar-refractivity contribution in [3.63, 3.8) is 0 Å². The van der Waals surface area contributed by atoms with Crippen LogP contribution in [0.4, 0.5) is 0 Å². The maximum Gasteiger partial charge on any atom is 0.134 e. The number of aryl methyl sites for hydroxylation is 1. The summed E-state index contributed by atoms with van der Waals surface area (Å²) in [5, 5.41) is 3.69. The average Bonchev–Trinajstić information content (AvgIpc) is 2.92. The van der Waals surface area contributed by atoms with Gasteiger partial charge in [0.2, 0.25) is 0 Å². The Morgan fingerprint density at radius 3 is 2.76 bits per heavy atom. The Balaban J connectivity index is 2.36. The molecule has 82 valence electrons. The van der Waals surface area contributed by atoms with E-state index in [1.807, 2.05) is 6.07 Å². The Kier molecular flexibility index (Phi) is 1.52. The van der Waals surface area contributed by atoms with Gasteiger partial charge in [0.1, 0.15) is 5.58 Å². The van der Waals surface area contributed by atoms with Crippen LogP contribution >= 0.6 is 0 Å². The van der Waals surface area contributed by atoms with Gasteiger partial charge in [-0.3, -0.25) is 0 Å². The van der Waals surface area contributed by atoms with Crippen LogP contribution in [0.3, 0.4) is 0 Å². The fourth-order valence-corrected chi connectivity index (χ4v) is 2.61. The van der Waals surface area contributed by atoms with Crippen molar-refractivity contribution < 1.29 is 4.42 Å². The molecule has 0 atom stereocenters. The van der Waals surface area contributed by atoms with Gasteiger partial charge in [0.25, 0.3) is 0 Å². The lowest BCUT2D eigenvalue weighted by atomic mass is 10.1. The zero-order valence-corrected chi connectivity index (χ0v) is 9.47. The minimum atomic E-state index is 0.953. The lowest BCUT2D eigenvalue weighted by molar-refractivity contribution is 0.616. The summed E-state index contributed by atoms with van der Waals surface area (Å²) >= 11 is 0. The molecule has 4 rings (SSSR count). The van der Waals surface area contributed by atoms with Gasteiger partial charge in [-0.05, 0) is 24.3 Å². The highest BCUT2D eigenvalue weighted by Crippen LogP contribution is 2.31. The number of para-hydroxylation sites is 1. The van der Waals surface area contributed by atoms with Crippen LogP contribution in [-0.4, -0.2) is 4.57 Å². The predicted octanol–water partition coefficient (Wildman–Crippen LogP) is 4.08. The van der Waals surface area contributed by atoms with E-state index in [1.165, 1.54) is 21.8 Å². The number of aromatic nitrogens is 1. The smallest absolute Gasteiger partial charge is 0.134 e. The second-order valence-electron chi connectivity index (χ2n) is 4.40. The summed E-state index contributed by atoms with van der Waals surface area (Å²) in [7, 11) is 2.11. The molecule has 2 aromatic carbocycles. The Hall–Kier alpha value is -2.22. The number of benzene rings is 2. The molecule has 4 aromatic rings. The molecule has 2 nitrogen and oxygen atoms in total. The molecular formula is C15H11NO. The van der Waals surface area contributed by atoms with Gasteiger partial charge in [0.15, 0.2) is 0 Å². The van der Waals surface area contributed by atoms with Gasteiger partial charge in [0.05, 0.1) is 6.26 Å².